The van der Waals surface area contributed by atoms with E-state index >= 15 is 0 Å². The van der Waals surface area contributed by atoms with Crippen LogP contribution in [0.2, 0.25) is 0 Å². The van der Waals surface area contributed by atoms with Crippen LogP contribution in [-0.4, -0.2) is 18.6 Å². The van der Waals surface area contributed by atoms with E-state index in [0.29, 0.717) is 18.2 Å². The van der Waals surface area contributed by atoms with Crippen molar-refractivity contribution in [2.24, 2.45) is 0 Å². The molecule has 0 heterocycles. The van der Waals surface area contributed by atoms with Crippen LogP contribution in [0.15, 0.2) is 30.3 Å². The maximum Gasteiger partial charge on any atom is 0.513 e. The standard InChI is InChI=1S/C12H13ClO3/c1-2-15-12(14)16-11-8-4-3-6-10(11)7-5-9-13/h3-8H,2,9H2,1H3/b7-5+. The van der Waals surface area contributed by atoms with Gasteiger partial charge in [-0.15, -0.1) is 11.6 Å². The van der Waals surface area contributed by atoms with Gasteiger partial charge in [0.05, 0.1) is 6.61 Å². The summed E-state index contributed by atoms with van der Waals surface area (Å²) in [6, 6.07) is 7.17. The first-order valence-electron chi connectivity index (χ1n) is 4.94. The molecule has 0 aliphatic carbocycles. The van der Waals surface area contributed by atoms with Gasteiger partial charge in [0.15, 0.2) is 0 Å². The Morgan fingerprint density at radius 2 is 2.19 bits per heavy atom. The molecule has 1 rings (SSSR count). The monoisotopic (exact) mass is 240 g/mol. The number of ether oxygens (including phenoxy) is 2. The molecule has 0 bridgehead atoms. The molecule has 1 aromatic rings. The van der Waals surface area contributed by atoms with Gasteiger partial charge >= 0.3 is 6.16 Å². The van der Waals surface area contributed by atoms with Crippen molar-refractivity contribution in [3.8, 4) is 5.75 Å². The van der Waals surface area contributed by atoms with Gasteiger partial charge in [0.1, 0.15) is 5.75 Å². The van der Waals surface area contributed by atoms with Gasteiger partial charge in [-0.2, -0.15) is 0 Å². The third kappa shape index (κ3) is 3.95. The van der Waals surface area contributed by atoms with Crippen LogP contribution < -0.4 is 4.74 Å². The Morgan fingerprint density at radius 1 is 1.44 bits per heavy atom. The van der Waals surface area contributed by atoms with Crippen LogP contribution in [0, 0.1) is 0 Å². The molecule has 86 valence electrons. The summed E-state index contributed by atoms with van der Waals surface area (Å²) in [5.74, 6) is 0.871. The first-order valence-corrected chi connectivity index (χ1v) is 5.47. The Labute approximate surface area is 99.6 Å². The van der Waals surface area contributed by atoms with Gasteiger partial charge in [-0.05, 0) is 13.0 Å². The molecule has 0 saturated heterocycles. The van der Waals surface area contributed by atoms with E-state index in [0.717, 1.165) is 5.56 Å². The number of carbonyl (C=O) groups excluding carboxylic acids is 1. The second-order valence-corrected chi connectivity index (χ2v) is 3.19. The van der Waals surface area contributed by atoms with E-state index in [1.807, 2.05) is 12.1 Å². The zero-order valence-corrected chi connectivity index (χ0v) is 9.74. The van der Waals surface area contributed by atoms with E-state index in [1.165, 1.54) is 0 Å². The number of hydrogen-bond donors (Lipinski definition) is 0. The lowest BCUT2D eigenvalue weighted by Gasteiger charge is -2.06. The highest BCUT2D eigenvalue weighted by Crippen LogP contribution is 2.19. The number of halogens is 1. The largest absolute Gasteiger partial charge is 0.513 e. The van der Waals surface area contributed by atoms with Gasteiger partial charge in [-0.1, -0.05) is 30.4 Å². The number of carbonyl (C=O) groups is 1. The summed E-state index contributed by atoms with van der Waals surface area (Å²) in [4.78, 5) is 11.1. The second kappa shape index (κ2) is 6.90. The maximum absolute atomic E-state index is 11.1. The topological polar surface area (TPSA) is 35.5 Å². The number of allylic oxidation sites excluding steroid dienone is 1. The van der Waals surface area contributed by atoms with Crippen molar-refractivity contribution in [2.75, 3.05) is 12.5 Å². The Hall–Kier alpha value is -1.48. The summed E-state index contributed by atoms with van der Waals surface area (Å²) < 4.78 is 9.72. The minimum atomic E-state index is -0.700. The first-order chi connectivity index (χ1) is 7.77. The van der Waals surface area contributed by atoms with Crippen LogP contribution in [0.5, 0.6) is 5.75 Å². The van der Waals surface area contributed by atoms with Crippen LogP contribution >= 0.6 is 11.6 Å². The van der Waals surface area contributed by atoms with E-state index in [2.05, 4.69) is 0 Å². The molecule has 0 aliphatic heterocycles. The van der Waals surface area contributed by atoms with Crippen LogP contribution in [0.3, 0.4) is 0 Å². The SMILES string of the molecule is CCOC(=O)Oc1ccccc1/C=C/CCl. The van der Waals surface area contributed by atoms with Crippen molar-refractivity contribution in [1.29, 1.82) is 0 Å². The highest BCUT2D eigenvalue weighted by Gasteiger charge is 2.07. The van der Waals surface area contributed by atoms with E-state index in [1.54, 1.807) is 31.2 Å². The fraction of sp³-hybridized carbons (Fsp3) is 0.250. The predicted octanol–water partition coefficient (Wildman–Crippen LogP) is 3.47. The van der Waals surface area contributed by atoms with E-state index in [4.69, 9.17) is 21.1 Å². The van der Waals surface area contributed by atoms with Gasteiger partial charge < -0.3 is 9.47 Å². The van der Waals surface area contributed by atoms with Crippen LogP contribution in [0.4, 0.5) is 4.79 Å². The van der Waals surface area contributed by atoms with Crippen molar-refractivity contribution < 1.29 is 14.3 Å². The highest BCUT2D eigenvalue weighted by molar-refractivity contribution is 6.19. The molecule has 0 spiro atoms. The molecular formula is C12H13ClO3. The zero-order chi connectivity index (χ0) is 11.8. The van der Waals surface area contributed by atoms with Crippen LogP contribution in [0.1, 0.15) is 12.5 Å². The van der Waals surface area contributed by atoms with Crippen molar-refractivity contribution in [3.63, 3.8) is 0 Å². The number of para-hydroxylation sites is 1. The first kappa shape index (κ1) is 12.6. The van der Waals surface area contributed by atoms with Crippen molar-refractivity contribution >= 4 is 23.8 Å². The van der Waals surface area contributed by atoms with Gasteiger partial charge in [-0.3, -0.25) is 0 Å². The lowest BCUT2D eigenvalue weighted by atomic mass is 10.2. The number of benzene rings is 1. The fourth-order valence-electron chi connectivity index (χ4n) is 1.12. The second-order valence-electron chi connectivity index (χ2n) is 2.88. The molecule has 0 radical (unpaired) electrons. The van der Waals surface area contributed by atoms with E-state index in [9.17, 15) is 4.79 Å². The summed E-state index contributed by atoms with van der Waals surface area (Å²) in [7, 11) is 0. The zero-order valence-electron chi connectivity index (χ0n) is 8.98. The number of alkyl halides is 1. The summed E-state index contributed by atoms with van der Waals surface area (Å²) in [5.41, 5.74) is 0.788. The molecule has 0 aliphatic rings. The Bertz CT molecular complexity index is 374. The molecule has 0 aromatic heterocycles. The number of hydrogen-bond acceptors (Lipinski definition) is 3. The quantitative estimate of drug-likeness (QED) is 0.459. The lowest BCUT2D eigenvalue weighted by molar-refractivity contribution is 0.104. The van der Waals surface area contributed by atoms with Crippen molar-refractivity contribution in [2.45, 2.75) is 6.92 Å². The fourth-order valence-corrected chi connectivity index (χ4v) is 1.21. The normalized spacial score (nSPS) is 10.4. The van der Waals surface area contributed by atoms with Gasteiger partial charge in [0.2, 0.25) is 0 Å². The smallest absolute Gasteiger partial charge is 0.434 e. The Morgan fingerprint density at radius 3 is 2.88 bits per heavy atom. The number of rotatable bonds is 4. The summed E-state index contributed by atoms with van der Waals surface area (Å²) in [6.45, 7) is 2.01. The van der Waals surface area contributed by atoms with Crippen molar-refractivity contribution in [3.05, 3.63) is 35.9 Å². The average molecular weight is 241 g/mol. The Balaban J connectivity index is 2.78. The summed E-state index contributed by atoms with van der Waals surface area (Å²) in [5, 5.41) is 0. The maximum atomic E-state index is 11.1. The molecule has 0 unspecified atom stereocenters. The van der Waals surface area contributed by atoms with Gasteiger partial charge in [-0.25, -0.2) is 4.79 Å². The van der Waals surface area contributed by atoms with E-state index in [-0.39, 0.29) is 0 Å². The molecule has 1 aromatic carbocycles. The Kier molecular flexibility index (Phi) is 5.43. The molecule has 0 fully saturated rings. The third-order valence-corrected chi connectivity index (χ3v) is 1.94. The minimum Gasteiger partial charge on any atom is -0.434 e. The van der Waals surface area contributed by atoms with Crippen LogP contribution in [-0.2, 0) is 4.74 Å². The molecular weight excluding hydrogens is 228 g/mol. The molecule has 0 atom stereocenters. The molecule has 0 N–H and O–H groups in total. The lowest BCUT2D eigenvalue weighted by Crippen LogP contribution is -2.10. The molecule has 0 saturated carbocycles. The molecule has 3 nitrogen and oxygen atoms in total. The van der Waals surface area contributed by atoms with Crippen molar-refractivity contribution in [1.82, 2.24) is 0 Å². The third-order valence-electron chi connectivity index (χ3n) is 1.76. The predicted molar refractivity (Wildman–Crippen MR) is 63.8 cm³/mol. The average Bonchev–Trinajstić information content (AvgIpc) is 2.28. The van der Waals surface area contributed by atoms with Gasteiger partial charge in [0, 0.05) is 11.4 Å². The summed E-state index contributed by atoms with van der Waals surface area (Å²) in [6.07, 6.45) is 2.87. The summed E-state index contributed by atoms with van der Waals surface area (Å²) >= 11 is 5.54. The minimum absolute atomic E-state index is 0.290. The van der Waals surface area contributed by atoms with Crippen LogP contribution in [0.25, 0.3) is 6.08 Å². The van der Waals surface area contributed by atoms with Gasteiger partial charge in [0.25, 0.3) is 0 Å². The molecule has 4 heteroatoms. The molecule has 16 heavy (non-hydrogen) atoms. The van der Waals surface area contributed by atoms with E-state index < -0.39 is 6.16 Å². The molecule has 0 amide bonds. The highest BCUT2D eigenvalue weighted by atomic mass is 35.5.